The number of ether oxygens (including phenoxy) is 3. The second kappa shape index (κ2) is 6.76. The Hall–Kier alpha value is -1.30. The third-order valence-corrected chi connectivity index (χ3v) is 11.7. The lowest BCUT2D eigenvalue weighted by Crippen LogP contribution is -2.83. The van der Waals surface area contributed by atoms with Crippen molar-refractivity contribution < 1.29 is 22.1 Å². The standard InChI is InChI=1S/C30H43NO4/c1-26(2,3)27(4,32)21-16-28-11-12-30(21,34-6)25-29(28)13-14-31(17-18-7-8-18)22(28)15-19-9-10-20(33-5)24(35-25)23(19)29/h9-10,18,21-22,25,32H,7-8,11-17H2,1-6H3/t21-,22-,25?,27+,28-,29+,30-/m1/s1/i17D2. The van der Waals surface area contributed by atoms with Crippen molar-refractivity contribution in [2.45, 2.75) is 101 Å². The molecular weight excluding hydrogens is 438 g/mol. The van der Waals surface area contributed by atoms with Gasteiger partial charge in [0.25, 0.3) is 0 Å². The van der Waals surface area contributed by atoms with Crippen LogP contribution in [-0.2, 0) is 16.6 Å². The highest BCUT2D eigenvalue weighted by atomic mass is 16.6. The first kappa shape index (κ1) is 20.7. The van der Waals surface area contributed by atoms with Gasteiger partial charge in [-0.2, -0.15) is 0 Å². The molecule has 5 heteroatoms. The van der Waals surface area contributed by atoms with E-state index < -0.39 is 17.7 Å². The molecule has 35 heavy (non-hydrogen) atoms. The van der Waals surface area contributed by atoms with Gasteiger partial charge in [0, 0.05) is 44.7 Å². The molecule has 0 radical (unpaired) electrons. The van der Waals surface area contributed by atoms with Crippen LogP contribution in [0.25, 0.3) is 0 Å². The van der Waals surface area contributed by atoms with Gasteiger partial charge in [-0.05, 0) is 81.4 Å². The summed E-state index contributed by atoms with van der Waals surface area (Å²) in [5.41, 5.74) is 0.157. The molecule has 1 aromatic carbocycles. The van der Waals surface area contributed by atoms with Crippen LogP contribution in [0.2, 0.25) is 0 Å². The summed E-state index contributed by atoms with van der Waals surface area (Å²) in [5, 5.41) is 12.3. The van der Waals surface area contributed by atoms with Gasteiger partial charge in [0.15, 0.2) is 11.5 Å². The zero-order valence-electron chi connectivity index (χ0n) is 24.2. The molecule has 2 spiro atoms. The van der Waals surface area contributed by atoms with Crippen LogP contribution in [0.3, 0.4) is 0 Å². The summed E-state index contributed by atoms with van der Waals surface area (Å²) >= 11 is 0. The fraction of sp³-hybridized carbons (Fsp3) is 0.800. The monoisotopic (exact) mass is 483 g/mol. The Bertz CT molecular complexity index is 1160. The minimum atomic E-state index is -1.31. The molecule has 5 nitrogen and oxygen atoms in total. The number of rotatable bonds is 5. The van der Waals surface area contributed by atoms with Gasteiger partial charge in [-0.1, -0.05) is 26.8 Å². The summed E-state index contributed by atoms with van der Waals surface area (Å²) < 4.78 is 38.0. The average Bonchev–Trinajstić information content (AvgIpc) is 3.64. The molecule has 1 unspecified atom stereocenters. The van der Waals surface area contributed by atoms with Gasteiger partial charge in [0.2, 0.25) is 0 Å². The number of nitrogens with zero attached hydrogens (tertiary/aromatic N) is 1. The zero-order chi connectivity index (χ0) is 26.4. The van der Waals surface area contributed by atoms with E-state index in [4.69, 9.17) is 14.2 Å². The predicted octanol–water partition coefficient (Wildman–Crippen LogP) is 4.72. The maximum absolute atomic E-state index is 12.3. The van der Waals surface area contributed by atoms with Crippen molar-refractivity contribution in [3.8, 4) is 11.5 Å². The predicted molar refractivity (Wildman–Crippen MR) is 135 cm³/mol. The Labute approximate surface area is 213 Å². The first-order valence-electron chi connectivity index (χ1n) is 14.7. The number of fused-ring (bicyclic) bond motifs is 2. The molecule has 7 aliphatic rings. The van der Waals surface area contributed by atoms with Crippen LogP contribution in [0.1, 0.15) is 80.1 Å². The molecule has 7 atom stereocenters. The van der Waals surface area contributed by atoms with Crippen LogP contribution in [0.15, 0.2) is 12.1 Å². The molecule has 5 fully saturated rings. The van der Waals surface area contributed by atoms with Crippen molar-refractivity contribution in [1.82, 2.24) is 4.90 Å². The Kier molecular flexibility index (Phi) is 4.00. The van der Waals surface area contributed by atoms with Crippen molar-refractivity contribution in [2.75, 3.05) is 27.3 Å². The molecule has 8 rings (SSSR count). The molecule has 1 saturated heterocycles. The SMILES string of the molecule is [2H]C([2H])(C1CC1)N1CC[C@]23c4c5ccc(OC)c4OC2[C@@]2(OC)CC[C@@]3(C[C@@H]2[C@](C)(O)C(C)(C)C)[C@H]1C5. The Morgan fingerprint density at radius 2 is 1.94 bits per heavy atom. The summed E-state index contributed by atoms with van der Waals surface area (Å²) in [4.78, 5) is 2.26. The molecular formula is C30H43NO4. The number of hydrogen-bond acceptors (Lipinski definition) is 5. The number of hydrogen-bond donors (Lipinski definition) is 1. The molecule has 192 valence electrons. The second-order valence-electron chi connectivity index (χ2n) is 13.6. The van der Waals surface area contributed by atoms with Gasteiger partial charge in [0.1, 0.15) is 11.7 Å². The molecule has 2 heterocycles. The molecule has 1 aromatic rings. The van der Waals surface area contributed by atoms with Gasteiger partial charge in [-0.25, -0.2) is 0 Å². The molecule has 0 amide bonds. The number of likely N-dealkylation sites (tertiary alicyclic amines) is 1. The van der Waals surface area contributed by atoms with E-state index in [-0.39, 0.29) is 40.2 Å². The molecule has 0 aromatic heterocycles. The lowest BCUT2D eigenvalue weighted by atomic mass is 9.33. The molecule has 1 N–H and O–H groups in total. The van der Waals surface area contributed by atoms with Crippen molar-refractivity contribution in [1.29, 1.82) is 0 Å². The minimum absolute atomic E-state index is 0.0724. The fourth-order valence-electron chi connectivity index (χ4n) is 9.39. The average molecular weight is 484 g/mol. The first-order chi connectivity index (χ1) is 17.3. The number of piperidine rings is 1. The third-order valence-electron chi connectivity index (χ3n) is 11.7. The van der Waals surface area contributed by atoms with Crippen LogP contribution in [-0.4, -0.2) is 60.6 Å². The molecule has 2 aliphatic heterocycles. The number of benzene rings is 1. The van der Waals surface area contributed by atoms with E-state index in [1.54, 1.807) is 7.11 Å². The molecule has 5 aliphatic carbocycles. The van der Waals surface area contributed by atoms with Crippen molar-refractivity contribution in [2.24, 2.45) is 22.7 Å². The van der Waals surface area contributed by atoms with Crippen LogP contribution in [0.5, 0.6) is 11.5 Å². The quantitative estimate of drug-likeness (QED) is 0.657. The Balaban J connectivity index is 1.49. The van der Waals surface area contributed by atoms with Crippen molar-refractivity contribution in [3.63, 3.8) is 0 Å². The maximum atomic E-state index is 12.3. The smallest absolute Gasteiger partial charge is 0.165 e. The van der Waals surface area contributed by atoms with Gasteiger partial charge >= 0.3 is 0 Å². The highest BCUT2D eigenvalue weighted by Gasteiger charge is 2.82. The van der Waals surface area contributed by atoms with Crippen LogP contribution < -0.4 is 9.47 Å². The van der Waals surface area contributed by atoms with E-state index in [0.29, 0.717) is 0 Å². The first-order valence-corrected chi connectivity index (χ1v) is 13.7. The topological polar surface area (TPSA) is 51.2 Å². The number of methoxy groups -OCH3 is 2. The Morgan fingerprint density at radius 1 is 1.17 bits per heavy atom. The maximum Gasteiger partial charge on any atom is 0.165 e. The van der Waals surface area contributed by atoms with Crippen LogP contribution in [0.4, 0.5) is 0 Å². The number of aliphatic hydroxyl groups is 1. The van der Waals surface area contributed by atoms with Gasteiger partial charge in [-0.15, -0.1) is 0 Å². The summed E-state index contributed by atoms with van der Waals surface area (Å²) in [6.07, 6.45) is 6.00. The van der Waals surface area contributed by atoms with E-state index >= 15 is 0 Å². The van der Waals surface area contributed by atoms with Crippen LogP contribution in [0, 0.1) is 22.7 Å². The summed E-state index contributed by atoms with van der Waals surface area (Å²) in [6, 6.07) is 4.30. The van der Waals surface area contributed by atoms with E-state index in [0.717, 1.165) is 63.0 Å². The highest BCUT2D eigenvalue weighted by Crippen LogP contribution is 2.78. The lowest BCUT2D eigenvalue weighted by Gasteiger charge is -2.75. The molecule has 4 bridgehead atoms. The lowest BCUT2D eigenvalue weighted by molar-refractivity contribution is -0.312. The summed E-state index contributed by atoms with van der Waals surface area (Å²) in [7, 11) is 3.52. The highest BCUT2D eigenvalue weighted by molar-refractivity contribution is 5.63. The zero-order valence-corrected chi connectivity index (χ0v) is 22.2. The fourth-order valence-corrected chi connectivity index (χ4v) is 9.39. The van der Waals surface area contributed by atoms with E-state index in [9.17, 15) is 7.85 Å². The molecule has 4 saturated carbocycles. The summed E-state index contributed by atoms with van der Waals surface area (Å²) in [5.74, 6) is 1.63. The minimum Gasteiger partial charge on any atom is -0.493 e. The van der Waals surface area contributed by atoms with E-state index in [1.165, 1.54) is 11.1 Å². The third kappa shape index (κ3) is 2.47. The normalized spacial score (nSPS) is 44.1. The van der Waals surface area contributed by atoms with E-state index in [2.05, 4.69) is 31.7 Å². The van der Waals surface area contributed by atoms with Crippen molar-refractivity contribution in [3.05, 3.63) is 23.3 Å². The van der Waals surface area contributed by atoms with E-state index in [1.807, 2.05) is 20.1 Å². The van der Waals surface area contributed by atoms with Crippen molar-refractivity contribution >= 4 is 0 Å². The van der Waals surface area contributed by atoms with Gasteiger partial charge in [0.05, 0.1) is 12.7 Å². The largest absolute Gasteiger partial charge is 0.493 e. The van der Waals surface area contributed by atoms with Gasteiger partial charge < -0.3 is 19.3 Å². The van der Waals surface area contributed by atoms with Gasteiger partial charge in [-0.3, -0.25) is 4.90 Å². The summed E-state index contributed by atoms with van der Waals surface area (Å²) in [6.45, 7) is 7.78. The van der Waals surface area contributed by atoms with Crippen LogP contribution >= 0.6 is 0 Å². The Morgan fingerprint density at radius 3 is 2.60 bits per heavy atom. The second-order valence-corrected chi connectivity index (χ2v) is 13.6.